The van der Waals surface area contributed by atoms with Crippen molar-refractivity contribution in [3.05, 3.63) is 64.1 Å². The van der Waals surface area contributed by atoms with Crippen LogP contribution in [0.5, 0.6) is 0 Å². The zero-order valence-corrected chi connectivity index (χ0v) is 8.42. The van der Waals surface area contributed by atoms with Gasteiger partial charge in [-0.2, -0.15) is 10.4 Å². The summed E-state index contributed by atoms with van der Waals surface area (Å²) in [6, 6.07) is 14.5. The van der Waals surface area contributed by atoms with Crippen LogP contribution in [0.3, 0.4) is 0 Å². The zero-order valence-electron chi connectivity index (χ0n) is 8.42. The van der Waals surface area contributed by atoms with Crippen LogP contribution in [-0.4, -0.2) is 10.2 Å². The normalized spacial score (nSPS) is 11.7. The molecule has 0 saturated carbocycles. The van der Waals surface area contributed by atoms with Gasteiger partial charge in [-0.25, -0.2) is 5.10 Å². The minimum atomic E-state index is -0.446. The van der Waals surface area contributed by atoms with Crippen LogP contribution in [0.2, 0.25) is 0 Å². The molecule has 4 heteroatoms. The van der Waals surface area contributed by atoms with Crippen LogP contribution in [0.25, 0.3) is 0 Å². The molecule has 0 spiro atoms. The van der Waals surface area contributed by atoms with Crippen LogP contribution in [0.1, 0.15) is 17.2 Å². The van der Waals surface area contributed by atoms with Gasteiger partial charge in [0, 0.05) is 6.07 Å². The standard InChI is InChI=1S/C12H9N3O/c13-8-10(9-4-2-1-3-5-9)11-6-7-12(16)15-14-11/h1-7,10H,(H,15,16)/t10-/m1/s1. The van der Waals surface area contributed by atoms with Gasteiger partial charge in [0.05, 0.1) is 11.8 Å². The lowest BCUT2D eigenvalue weighted by Crippen LogP contribution is -2.10. The predicted molar refractivity (Wildman–Crippen MR) is 58.8 cm³/mol. The van der Waals surface area contributed by atoms with Crippen molar-refractivity contribution in [2.24, 2.45) is 0 Å². The summed E-state index contributed by atoms with van der Waals surface area (Å²) in [6.07, 6.45) is 0. The van der Waals surface area contributed by atoms with E-state index in [1.807, 2.05) is 30.3 Å². The first-order valence-electron chi connectivity index (χ1n) is 4.81. The number of hydrogen-bond donors (Lipinski definition) is 1. The van der Waals surface area contributed by atoms with E-state index >= 15 is 0 Å². The lowest BCUT2D eigenvalue weighted by atomic mass is 9.97. The van der Waals surface area contributed by atoms with Gasteiger partial charge in [0.2, 0.25) is 0 Å². The average Bonchev–Trinajstić information content (AvgIpc) is 2.34. The molecule has 0 aliphatic carbocycles. The van der Waals surface area contributed by atoms with Crippen molar-refractivity contribution in [2.75, 3.05) is 0 Å². The van der Waals surface area contributed by atoms with Crippen molar-refractivity contribution in [3.63, 3.8) is 0 Å². The molecule has 1 N–H and O–H groups in total. The van der Waals surface area contributed by atoms with E-state index in [1.165, 1.54) is 6.07 Å². The van der Waals surface area contributed by atoms with Crippen molar-refractivity contribution < 1.29 is 0 Å². The first-order chi connectivity index (χ1) is 7.81. The fourth-order valence-corrected chi connectivity index (χ4v) is 1.47. The molecule has 1 aromatic heterocycles. The van der Waals surface area contributed by atoms with Crippen LogP contribution >= 0.6 is 0 Å². The van der Waals surface area contributed by atoms with Crippen molar-refractivity contribution in [3.8, 4) is 6.07 Å². The molecule has 0 aliphatic rings. The van der Waals surface area contributed by atoms with Gasteiger partial charge >= 0.3 is 0 Å². The molecule has 78 valence electrons. The number of H-pyrrole nitrogens is 1. The number of nitrogens with one attached hydrogen (secondary N) is 1. The Morgan fingerprint density at radius 3 is 2.50 bits per heavy atom. The third-order valence-electron chi connectivity index (χ3n) is 2.26. The topological polar surface area (TPSA) is 69.5 Å². The Morgan fingerprint density at radius 2 is 1.94 bits per heavy atom. The number of aromatic nitrogens is 2. The summed E-state index contributed by atoms with van der Waals surface area (Å²) in [5.74, 6) is -0.446. The molecule has 1 aromatic carbocycles. The van der Waals surface area contributed by atoms with E-state index in [-0.39, 0.29) is 5.56 Å². The Hall–Kier alpha value is -2.41. The van der Waals surface area contributed by atoms with E-state index in [0.29, 0.717) is 5.69 Å². The number of nitrogens with zero attached hydrogens (tertiary/aromatic N) is 2. The van der Waals surface area contributed by atoms with E-state index in [4.69, 9.17) is 5.26 Å². The quantitative estimate of drug-likeness (QED) is 0.816. The summed E-state index contributed by atoms with van der Waals surface area (Å²) in [6.45, 7) is 0. The van der Waals surface area contributed by atoms with E-state index in [2.05, 4.69) is 16.3 Å². The van der Waals surface area contributed by atoms with Gasteiger partial charge in [-0.05, 0) is 11.6 Å². The molecule has 0 unspecified atom stereocenters. The molecule has 0 fully saturated rings. The van der Waals surface area contributed by atoms with Crippen molar-refractivity contribution >= 4 is 0 Å². The number of benzene rings is 1. The largest absolute Gasteiger partial charge is 0.268 e. The number of nitriles is 1. The highest BCUT2D eigenvalue weighted by atomic mass is 16.1. The molecule has 1 atom stereocenters. The Balaban J connectivity index is 2.42. The molecule has 0 bridgehead atoms. The summed E-state index contributed by atoms with van der Waals surface area (Å²) < 4.78 is 0. The molecular weight excluding hydrogens is 202 g/mol. The van der Waals surface area contributed by atoms with E-state index in [1.54, 1.807) is 6.07 Å². The highest BCUT2D eigenvalue weighted by Gasteiger charge is 2.14. The number of rotatable bonds is 2. The minimum absolute atomic E-state index is 0.270. The van der Waals surface area contributed by atoms with Gasteiger partial charge in [-0.3, -0.25) is 4.79 Å². The molecule has 0 saturated heterocycles. The Bertz CT molecular complexity index is 548. The predicted octanol–water partition coefficient (Wildman–Crippen LogP) is 1.43. The summed E-state index contributed by atoms with van der Waals surface area (Å²) in [5.41, 5.74) is 1.14. The maximum atomic E-state index is 10.9. The second kappa shape index (κ2) is 4.41. The fourth-order valence-electron chi connectivity index (χ4n) is 1.47. The highest BCUT2D eigenvalue weighted by Crippen LogP contribution is 2.20. The maximum Gasteiger partial charge on any atom is 0.264 e. The number of aromatic amines is 1. The van der Waals surface area contributed by atoms with E-state index in [0.717, 1.165) is 5.56 Å². The first kappa shape index (κ1) is 10.1. The lowest BCUT2D eigenvalue weighted by molar-refractivity contribution is 0.867. The average molecular weight is 211 g/mol. The molecule has 0 amide bonds. The Kier molecular flexibility index (Phi) is 2.79. The van der Waals surface area contributed by atoms with Crippen molar-refractivity contribution in [2.45, 2.75) is 5.92 Å². The monoisotopic (exact) mass is 211 g/mol. The molecule has 2 rings (SSSR count). The van der Waals surface area contributed by atoms with Gasteiger partial charge in [-0.15, -0.1) is 0 Å². The lowest BCUT2D eigenvalue weighted by Gasteiger charge is -2.07. The van der Waals surface area contributed by atoms with Crippen LogP contribution in [0.15, 0.2) is 47.3 Å². The second-order valence-electron chi connectivity index (χ2n) is 3.32. The fraction of sp³-hybridized carbons (Fsp3) is 0.0833. The molecule has 2 aromatic rings. The number of hydrogen-bond acceptors (Lipinski definition) is 3. The highest BCUT2D eigenvalue weighted by molar-refractivity contribution is 5.33. The first-order valence-corrected chi connectivity index (χ1v) is 4.81. The summed E-state index contributed by atoms with van der Waals surface area (Å²) in [4.78, 5) is 10.9. The Labute approximate surface area is 92.2 Å². The van der Waals surface area contributed by atoms with Gasteiger partial charge in [0.1, 0.15) is 5.92 Å². The van der Waals surface area contributed by atoms with Crippen LogP contribution < -0.4 is 5.56 Å². The minimum Gasteiger partial charge on any atom is -0.268 e. The summed E-state index contributed by atoms with van der Waals surface area (Å²) >= 11 is 0. The summed E-state index contributed by atoms with van der Waals surface area (Å²) in [7, 11) is 0. The van der Waals surface area contributed by atoms with Crippen molar-refractivity contribution in [1.29, 1.82) is 5.26 Å². The maximum absolute atomic E-state index is 10.9. The second-order valence-corrected chi connectivity index (χ2v) is 3.32. The van der Waals surface area contributed by atoms with Gasteiger partial charge in [0.15, 0.2) is 0 Å². The van der Waals surface area contributed by atoms with E-state index < -0.39 is 5.92 Å². The third kappa shape index (κ3) is 1.98. The molecule has 4 nitrogen and oxygen atoms in total. The molecular formula is C12H9N3O. The van der Waals surface area contributed by atoms with Crippen LogP contribution in [0.4, 0.5) is 0 Å². The van der Waals surface area contributed by atoms with Gasteiger partial charge in [0.25, 0.3) is 5.56 Å². The molecule has 1 heterocycles. The molecule has 0 aliphatic heterocycles. The SMILES string of the molecule is N#C[C@H](c1ccccc1)c1ccc(=O)[nH]n1. The van der Waals surface area contributed by atoms with Crippen molar-refractivity contribution in [1.82, 2.24) is 10.2 Å². The molecule has 16 heavy (non-hydrogen) atoms. The third-order valence-corrected chi connectivity index (χ3v) is 2.26. The Morgan fingerprint density at radius 1 is 1.19 bits per heavy atom. The van der Waals surface area contributed by atoms with Gasteiger partial charge < -0.3 is 0 Å². The molecule has 0 radical (unpaired) electrons. The van der Waals surface area contributed by atoms with Crippen LogP contribution in [-0.2, 0) is 0 Å². The van der Waals surface area contributed by atoms with Gasteiger partial charge in [-0.1, -0.05) is 30.3 Å². The van der Waals surface area contributed by atoms with E-state index in [9.17, 15) is 4.79 Å². The summed E-state index contributed by atoms with van der Waals surface area (Å²) in [5, 5.41) is 15.3. The zero-order chi connectivity index (χ0) is 11.4. The smallest absolute Gasteiger partial charge is 0.264 e. The van der Waals surface area contributed by atoms with Crippen LogP contribution in [0, 0.1) is 11.3 Å².